The van der Waals surface area contributed by atoms with Gasteiger partial charge in [0, 0.05) is 23.8 Å². The van der Waals surface area contributed by atoms with Crippen molar-refractivity contribution in [1.29, 1.82) is 0 Å². The number of ether oxygens (including phenoxy) is 2. The van der Waals surface area contributed by atoms with Crippen molar-refractivity contribution >= 4 is 25.0 Å². The van der Waals surface area contributed by atoms with Crippen LogP contribution in [0.15, 0.2) is 48.8 Å². The third kappa shape index (κ3) is 6.05. The topological polar surface area (TPSA) is 80.4 Å². The molecule has 2 aliphatic heterocycles. The number of fused-ring (bicyclic) bond motifs is 2. The number of hydrogen-bond donors (Lipinski definition) is 0. The first kappa shape index (κ1) is 29.7. The number of ketones is 1. The van der Waals surface area contributed by atoms with Gasteiger partial charge in [-0.1, -0.05) is 26.8 Å². The SMILES string of the molecule is CC(C)(C)[Si](C)(C)OCCn1nc(C(=O)C2COc3ccc(F)cc3C2)c2ccc(-c3cnn(C4CCCCO4)c3)cc21. The molecule has 4 aromatic rings. The molecule has 0 aliphatic carbocycles. The van der Waals surface area contributed by atoms with Gasteiger partial charge in [0.15, 0.2) is 14.1 Å². The van der Waals surface area contributed by atoms with Crippen LogP contribution in [-0.4, -0.2) is 53.5 Å². The number of halogens is 1. The van der Waals surface area contributed by atoms with Gasteiger partial charge in [-0.25, -0.2) is 9.07 Å². The Balaban J connectivity index is 1.31. The van der Waals surface area contributed by atoms with Crippen LogP contribution in [0.5, 0.6) is 5.75 Å². The fourth-order valence-electron chi connectivity index (χ4n) is 5.61. The number of benzene rings is 2. The molecule has 0 spiro atoms. The Bertz CT molecular complexity index is 1630. The standard InChI is InChI=1S/C33H41FN4O4Si/c1-33(2,3)43(4,5)42-15-13-37-28-18-22(25-19-35-38(20-25)30-8-6-7-14-40-30)9-11-27(28)31(36-37)32(39)24-16-23-17-26(34)10-12-29(23)41-21-24/h9-12,17-20,24,30H,6-8,13-16,21H2,1-5H3. The first-order valence-electron chi connectivity index (χ1n) is 15.3. The van der Waals surface area contributed by atoms with Gasteiger partial charge in [-0.05, 0) is 85.3 Å². The highest BCUT2D eigenvalue weighted by molar-refractivity contribution is 6.74. The molecule has 0 N–H and O–H groups in total. The van der Waals surface area contributed by atoms with Crippen LogP contribution in [-0.2, 0) is 22.1 Å². The molecule has 2 atom stereocenters. The minimum Gasteiger partial charge on any atom is -0.493 e. The summed E-state index contributed by atoms with van der Waals surface area (Å²) in [6, 6.07) is 10.5. The Labute approximate surface area is 253 Å². The van der Waals surface area contributed by atoms with E-state index in [1.54, 1.807) is 6.07 Å². The first-order chi connectivity index (χ1) is 20.5. The quantitative estimate of drug-likeness (QED) is 0.156. The number of aromatic nitrogens is 4. The number of nitrogens with zero attached hydrogens (tertiary/aromatic N) is 4. The molecule has 4 heterocycles. The lowest BCUT2D eigenvalue weighted by Gasteiger charge is -2.36. The number of rotatable bonds is 8. The molecule has 1 fully saturated rings. The summed E-state index contributed by atoms with van der Waals surface area (Å²) in [5.41, 5.74) is 3.95. The second-order valence-corrected chi connectivity index (χ2v) is 18.1. The molecule has 2 unspecified atom stereocenters. The van der Waals surface area contributed by atoms with E-state index in [9.17, 15) is 9.18 Å². The van der Waals surface area contributed by atoms with Gasteiger partial charge in [-0.2, -0.15) is 10.2 Å². The summed E-state index contributed by atoms with van der Waals surface area (Å²) < 4.78 is 36.0. The van der Waals surface area contributed by atoms with E-state index in [0.29, 0.717) is 36.6 Å². The molecule has 0 radical (unpaired) electrons. The molecular weight excluding hydrogens is 563 g/mol. The number of carbonyl (C=O) groups is 1. The van der Waals surface area contributed by atoms with Crippen LogP contribution in [0.4, 0.5) is 4.39 Å². The summed E-state index contributed by atoms with van der Waals surface area (Å²) >= 11 is 0. The smallest absolute Gasteiger partial charge is 0.192 e. The highest BCUT2D eigenvalue weighted by Gasteiger charge is 2.37. The van der Waals surface area contributed by atoms with Gasteiger partial charge in [0.2, 0.25) is 0 Å². The van der Waals surface area contributed by atoms with Crippen molar-refractivity contribution in [2.24, 2.45) is 5.92 Å². The second-order valence-electron chi connectivity index (χ2n) is 13.3. The van der Waals surface area contributed by atoms with Crippen LogP contribution >= 0.6 is 0 Å². The molecule has 0 amide bonds. The van der Waals surface area contributed by atoms with E-state index in [0.717, 1.165) is 47.9 Å². The van der Waals surface area contributed by atoms with Crippen LogP contribution < -0.4 is 4.74 Å². The highest BCUT2D eigenvalue weighted by Crippen LogP contribution is 2.37. The van der Waals surface area contributed by atoms with Gasteiger partial charge in [0.1, 0.15) is 23.5 Å². The molecule has 43 heavy (non-hydrogen) atoms. The monoisotopic (exact) mass is 604 g/mol. The Morgan fingerprint density at radius 3 is 2.74 bits per heavy atom. The van der Waals surface area contributed by atoms with Crippen LogP contribution in [0.2, 0.25) is 18.1 Å². The first-order valence-corrected chi connectivity index (χ1v) is 18.2. The van der Waals surface area contributed by atoms with Crippen molar-refractivity contribution in [3.05, 3.63) is 65.9 Å². The Morgan fingerprint density at radius 2 is 1.98 bits per heavy atom. The summed E-state index contributed by atoms with van der Waals surface area (Å²) in [5.74, 6) is -0.248. The van der Waals surface area contributed by atoms with Gasteiger partial charge in [-0.15, -0.1) is 0 Å². The highest BCUT2D eigenvalue weighted by atomic mass is 28.4. The van der Waals surface area contributed by atoms with Crippen LogP contribution in [0.1, 0.15) is 62.3 Å². The Kier molecular flexibility index (Phi) is 8.04. The fraction of sp³-hybridized carbons (Fsp3) is 0.485. The van der Waals surface area contributed by atoms with E-state index in [1.165, 1.54) is 12.1 Å². The minimum absolute atomic E-state index is 0.0372. The molecule has 8 nitrogen and oxygen atoms in total. The molecule has 2 aromatic heterocycles. The van der Waals surface area contributed by atoms with E-state index >= 15 is 0 Å². The minimum atomic E-state index is -1.96. The lowest BCUT2D eigenvalue weighted by molar-refractivity contribution is -0.0394. The van der Waals surface area contributed by atoms with Gasteiger partial charge in [0.25, 0.3) is 0 Å². The predicted molar refractivity (Wildman–Crippen MR) is 166 cm³/mol. The van der Waals surface area contributed by atoms with Crippen LogP contribution in [0, 0.1) is 11.7 Å². The lowest BCUT2D eigenvalue weighted by Crippen LogP contribution is -2.41. The normalized spacial score (nSPS) is 19.3. The molecule has 0 saturated carbocycles. The predicted octanol–water partition coefficient (Wildman–Crippen LogP) is 7.19. The zero-order valence-electron chi connectivity index (χ0n) is 25.7. The average Bonchev–Trinajstić information content (AvgIpc) is 3.62. The fourth-order valence-corrected chi connectivity index (χ4v) is 6.65. The van der Waals surface area contributed by atoms with Crippen molar-refractivity contribution < 1.29 is 23.1 Å². The maximum Gasteiger partial charge on any atom is 0.192 e. The summed E-state index contributed by atoms with van der Waals surface area (Å²) in [5, 5.41) is 10.3. The summed E-state index contributed by atoms with van der Waals surface area (Å²) in [7, 11) is -1.96. The zero-order chi connectivity index (χ0) is 30.4. The average molecular weight is 605 g/mol. The zero-order valence-corrected chi connectivity index (χ0v) is 26.7. The molecule has 2 aliphatic rings. The Hall–Kier alpha value is -3.34. The summed E-state index contributed by atoms with van der Waals surface area (Å²) in [6.07, 6.45) is 7.43. The molecule has 10 heteroatoms. The number of carbonyl (C=O) groups excluding carboxylic acids is 1. The van der Waals surface area contributed by atoms with Gasteiger partial charge < -0.3 is 13.9 Å². The summed E-state index contributed by atoms with van der Waals surface area (Å²) in [6.45, 7) is 13.1. The lowest BCUT2D eigenvalue weighted by atomic mass is 9.90. The molecule has 2 aromatic carbocycles. The van der Waals surface area contributed by atoms with E-state index in [2.05, 4.69) is 45.0 Å². The number of Topliss-reactive ketones (excluding diaryl/α,β-unsaturated/α-hetero) is 1. The molecule has 1 saturated heterocycles. The van der Waals surface area contributed by atoms with E-state index in [4.69, 9.17) is 19.0 Å². The molecule has 228 valence electrons. The molecular formula is C33H41FN4O4Si. The maximum atomic E-state index is 13.9. The van der Waals surface area contributed by atoms with Crippen molar-refractivity contribution in [2.45, 2.75) is 77.4 Å². The van der Waals surface area contributed by atoms with Crippen molar-refractivity contribution in [3.8, 4) is 16.9 Å². The Morgan fingerprint density at radius 1 is 1.14 bits per heavy atom. The summed E-state index contributed by atoms with van der Waals surface area (Å²) in [4.78, 5) is 13.9. The van der Waals surface area contributed by atoms with Crippen LogP contribution in [0.3, 0.4) is 0 Å². The van der Waals surface area contributed by atoms with Gasteiger partial charge in [0.05, 0.1) is 37.4 Å². The van der Waals surface area contributed by atoms with Gasteiger partial charge >= 0.3 is 0 Å². The van der Waals surface area contributed by atoms with Gasteiger partial charge in [-0.3, -0.25) is 9.48 Å². The largest absolute Gasteiger partial charge is 0.493 e. The maximum absolute atomic E-state index is 13.9. The van der Waals surface area contributed by atoms with Crippen molar-refractivity contribution in [1.82, 2.24) is 19.6 Å². The van der Waals surface area contributed by atoms with Crippen LogP contribution in [0.25, 0.3) is 22.0 Å². The van der Waals surface area contributed by atoms with E-state index in [-0.39, 0.29) is 29.5 Å². The third-order valence-corrected chi connectivity index (χ3v) is 13.8. The molecule has 0 bridgehead atoms. The van der Waals surface area contributed by atoms with Crippen molar-refractivity contribution in [2.75, 3.05) is 19.8 Å². The second kappa shape index (κ2) is 11.6. The van der Waals surface area contributed by atoms with E-state index < -0.39 is 14.2 Å². The number of hydrogen-bond acceptors (Lipinski definition) is 6. The van der Waals surface area contributed by atoms with E-state index in [1.807, 2.05) is 33.9 Å². The van der Waals surface area contributed by atoms with Crippen molar-refractivity contribution in [3.63, 3.8) is 0 Å². The molecule has 6 rings (SSSR count). The third-order valence-electron chi connectivity index (χ3n) is 9.24.